The van der Waals surface area contributed by atoms with Gasteiger partial charge in [0.15, 0.2) is 0 Å². The van der Waals surface area contributed by atoms with Crippen molar-refractivity contribution in [2.24, 2.45) is 0 Å². The molecule has 0 radical (unpaired) electrons. The summed E-state index contributed by atoms with van der Waals surface area (Å²) in [5.41, 5.74) is 4.23. The van der Waals surface area contributed by atoms with E-state index in [1.807, 2.05) is 6.07 Å². The Hall–Kier alpha value is -2.66. The molecule has 28 heavy (non-hydrogen) atoms. The number of H-pyrrole nitrogens is 1. The van der Waals surface area contributed by atoms with E-state index in [1.54, 1.807) is 7.11 Å². The molecular weight excluding hydrogens is 354 g/mol. The molecule has 1 atom stereocenters. The number of anilines is 2. The minimum Gasteiger partial charge on any atom is -0.393 e. The van der Waals surface area contributed by atoms with Crippen LogP contribution < -0.4 is 20.5 Å². The van der Waals surface area contributed by atoms with Crippen LogP contribution in [-0.2, 0) is 24.2 Å². The normalized spacial score (nSPS) is 15.5. The Morgan fingerprint density at radius 3 is 2.68 bits per heavy atom. The quantitative estimate of drug-likeness (QED) is 0.457. The second-order valence-corrected chi connectivity index (χ2v) is 6.98. The van der Waals surface area contributed by atoms with Crippen LogP contribution in [0.5, 0.6) is 0 Å². The maximum atomic E-state index is 9.76. The van der Waals surface area contributed by atoms with Gasteiger partial charge in [-0.05, 0) is 5.56 Å². The second-order valence-electron chi connectivity index (χ2n) is 6.98. The standard InChI is InChI=1S/C21H27N5O2/c1-28-12-9-24-21-19-15-26(14-16-5-3-2-4-6-16)10-7-17(19)18(13-22)20(25-21)23-8-11-27/h2-6,27H,7-12,14-15H2,1H3,(H2,23,24,25)/p+2. The zero-order chi connectivity index (χ0) is 19.8. The summed E-state index contributed by atoms with van der Waals surface area (Å²) in [7, 11) is 1.68. The Bertz CT molecular complexity index is 820. The summed E-state index contributed by atoms with van der Waals surface area (Å²) in [4.78, 5) is 4.82. The summed E-state index contributed by atoms with van der Waals surface area (Å²) in [6, 6.07) is 12.9. The zero-order valence-electron chi connectivity index (χ0n) is 16.3. The van der Waals surface area contributed by atoms with Gasteiger partial charge in [-0.25, -0.2) is 4.98 Å². The van der Waals surface area contributed by atoms with Crippen molar-refractivity contribution in [3.05, 3.63) is 52.6 Å². The van der Waals surface area contributed by atoms with E-state index in [9.17, 15) is 5.26 Å². The molecule has 1 aliphatic heterocycles. The maximum Gasteiger partial charge on any atom is 0.237 e. The van der Waals surface area contributed by atoms with Gasteiger partial charge in [0, 0.05) is 19.1 Å². The lowest BCUT2D eigenvalue weighted by atomic mass is 9.95. The van der Waals surface area contributed by atoms with E-state index in [0.29, 0.717) is 31.1 Å². The molecule has 0 saturated carbocycles. The maximum absolute atomic E-state index is 9.76. The highest BCUT2D eigenvalue weighted by molar-refractivity contribution is 5.60. The van der Waals surface area contributed by atoms with Gasteiger partial charge in [-0.1, -0.05) is 30.3 Å². The van der Waals surface area contributed by atoms with Gasteiger partial charge < -0.3 is 25.4 Å². The molecule has 0 amide bonds. The minimum atomic E-state index is 0.0111. The number of hydrogen-bond donors (Lipinski definition) is 4. The molecule has 148 valence electrons. The van der Waals surface area contributed by atoms with E-state index < -0.39 is 0 Å². The van der Waals surface area contributed by atoms with Gasteiger partial charge in [-0.15, -0.1) is 0 Å². The molecule has 7 nitrogen and oxygen atoms in total. The van der Waals surface area contributed by atoms with Crippen LogP contribution in [0.25, 0.3) is 0 Å². The Morgan fingerprint density at radius 1 is 1.18 bits per heavy atom. The number of fused-ring (bicyclic) bond motifs is 1. The van der Waals surface area contributed by atoms with Gasteiger partial charge in [0.05, 0.1) is 38.4 Å². The number of nitriles is 1. The number of ether oxygens (including phenoxy) is 1. The monoisotopic (exact) mass is 383 g/mol. The molecule has 0 saturated heterocycles. The average molecular weight is 383 g/mol. The first-order valence-corrected chi connectivity index (χ1v) is 9.73. The fourth-order valence-corrected chi connectivity index (χ4v) is 3.73. The van der Waals surface area contributed by atoms with Gasteiger partial charge >= 0.3 is 0 Å². The Kier molecular flexibility index (Phi) is 7.20. The van der Waals surface area contributed by atoms with E-state index in [2.05, 4.69) is 46.0 Å². The Balaban J connectivity index is 1.89. The van der Waals surface area contributed by atoms with Crippen molar-refractivity contribution in [2.45, 2.75) is 19.5 Å². The molecule has 1 aliphatic rings. The fraction of sp³-hybridized carbons (Fsp3) is 0.429. The summed E-state index contributed by atoms with van der Waals surface area (Å²) in [6.07, 6.45) is 0.849. The summed E-state index contributed by atoms with van der Waals surface area (Å²) < 4.78 is 5.17. The van der Waals surface area contributed by atoms with Crippen molar-refractivity contribution < 1.29 is 19.7 Å². The largest absolute Gasteiger partial charge is 0.393 e. The van der Waals surface area contributed by atoms with Crippen molar-refractivity contribution in [2.75, 3.05) is 50.6 Å². The van der Waals surface area contributed by atoms with E-state index in [-0.39, 0.29) is 6.61 Å². The second kappa shape index (κ2) is 10.0. The number of hydrogen-bond acceptors (Lipinski definition) is 5. The number of aliphatic hydroxyl groups is 1. The molecule has 7 heteroatoms. The van der Waals surface area contributed by atoms with Crippen molar-refractivity contribution in [3.63, 3.8) is 0 Å². The van der Waals surface area contributed by atoms with Crippen LogP contribution in [0.2, 0.25) is 0 Å². The van der Waals surface area contributed by atoms with Crippen molar-refractivity contribution in [1.82, 2.24) is 0 Å². The predicted molar refractivity (Wildman–Crippen MR) is 107 cm³/mol. The van der Waals surface area contributed by atoms with Crippen molar-refractivity contribution >= 4 is 11.6 Å². The minimum absolute atomic E-state index is 0.0111. The highest BCUT2D eigenvalue weighted by Crippen LogP contribution is 2.25. The lowest BCUT2D eigenvalue weighted by Crippen LogP contribution is -3.10. The van der Waals surface area contributed by atoms with Gasteiger partial charge in [0.2, 0.25) is 11.6 Å². The smallest absolute Gasteiger partial charge is 0.237 e. The first kappa shape index (κ1) is 20.1. The Morgan fingerprint density at radius 2 is 1.96 bits per heavy atom. The summed E-state index contributed by atoms with van der Waals surface area (Å²) >= 11 is 0. The Labute approximate surface area is 166 Å². The molecule has 0 fully saturated rings. The first-order valence-electron chi connectivity index (χ1n) is 9.73. The third kappa shape index (κ3) is 4.78. The lowest BCUT2D eigenvalue weighted by Gasteiger charge is -2.27. The molecule has 3 rings (SSSR count). The van der Waals surface area contributed by atoms with E-state index in [0.717, 1.165) is 37.4 Å². The molecule has 5 N–H and O–H groups in total. The highest BCUT2D eigenvalue weighted by Gasteiger charge is 2.30. The van der Waals surface area contributed by atoms with Crippen LogP contribution in [0.4, 0.5) is 11.6 Å². The number of methoxy groups -OCH3 is 1. The number of pyridine rings is 1. The van der Waals surface area contributed by atoms with E-state index >= 15 is 0 Å². The van der Waals surface area contributed by atoms with Crippen LogP contribution in [0.15, 0.2) is 30.3 Å². The molecule has 0 aliphatic carbocycles. The summed E-state index contributed by atoms with van der Waals surface area (Å²) in [5, 5.41) is 25.5. The zero-order valence-corrected chi connectivity index (χ0v) is 16.3. The number of nitrogens with one attached hydrogen (secondary N) is 4. The molecule has 0 spiro atoms. The summed E-state index contributed by atoms with van der Waals surface area (Å²) in [6.45, 7) is 4.48. The number of rotatable bonds is 9. The molecule has 1 aromatic carbocycles. The predicted octanol–water partition coefficient (Wildman–Crippen LogP) is -0.0239. The number of nitrogens with zero attached hydrogens (tertiary/aromatic N) is 1. The number of aromatic nitrogens is 1. The van der Waals surface area contributed by atoms with Crippen molar-refractivity contribution in [3.8, 4) is 6.07 Å². The summed E-state index contributed by atoms with van der Waals surface area (Å²) in [5.74, 6) is 1.60. The third-order valence-electron chi connectivity index (χ3n) is 5.05. The van der Waals surface area contributed by atoms with Crippen LogP contribution >= 0.6 is 0 Å². The number of aromatic amines is 1. The van der Waals surface area contributed by atoms with Gasteiger partial charge in [0.1, 0.15) is 24.7 Å². The number of aliphatic hydroxyl groups excluding tert-OH is 1. The highest BCUT2D eigenvalue weighted by atomic mass is 16.5. The topological polar surface area (TPSA) is 95.9 Å². The molecule has 1 unspecified atom stereocenters. The van der Waals surface area contributed by atoms with E-state index in [1.165, 1.54) is 16.0 Å². The van der Waals surface area contributed by atoms with Crippen LogP contribution in [-0.4, -0.2) is 45.1 Å². The van der Waals surface area contributed by atoms with Gasteiger partial charge in [-0.2, -0.15) is 5.26 Å². The molecule has 1 aromatic heterocycles. The van der Waals surface area contributed by atoms with Crippen LogP contribution in [0.1, 0.15) is 22.3 Å². The SMILES string of the molecule is COCCNc1[nH+]c(NCCO)c(C#N)c2c1C[NH+](Cc1ccccc1)CC2. The molecule has 2 aromatic rings. The van der Waals surface area contributed by atoms with Crippen LogP contribution in [0.3, 0.4) is 0 Å². The van der Waals surface area contributed by atoms with Gasteiger partial charge in [0.25, 0.3) is 0 Å². The molecular formula is C21H29N5O2+2. The fourth-order valence-electron chi connectivity index (χ4n) is 3.73. The first-order chi connectivity index (χ1) is 13.8. The number of benzene rings is 1. The van der Waals surface area contributed by atoms with E-state index in [4.69, 9.17) is 9.84 Å². The average Bonchev–Trinajstić information content (AvgIpc) is 2.73. The molecule has 2 heterocycles. The van der Waals surface area contributed by atoms with Crippen LogP contribution in [0, 0.1) is 11.3 Å². The molecule has 0 bridgehead atoms. The third-order valence-corrected chi connectivity index (χ3v) is 5.05. The lowest BCUT2D eigenvalue weighted by molar-refractivity contribution is -0.929. The van der Waals surface area contributed by atoms with Gasteiger partial charge in [-0.3, -0.25) is 0 Å². The number of quaternary nitrogens is 1. The van der Waals surface area contributed by atoms with Crippen molar-refractivity contribution in [1.29, 1.82) is 5.26 Å².